The Hall–Kier alpha value is -3.29. The molecule has 0 radical (unpaired) electrons. The van der Waals surface area contributed by atoms with Gasteiger partial charge in [0.2, 0.25) is 5.91 Å². The number of carbonyl (C=O) groups excluding carboxylic acids is 1. The molecule has 2 aromatic heterocycles. The summed E-state index contributed by atoms with van der Waals surface area (Å²) in [6, 6.07) is 7.76. The molecule has 0 spiro atoms. The van der Waals surface area contributed by atoms with Crippen LogP contribution in [-0.2, 0) is 17.9 Å². The van der Waals surface area contributed by atoms with Crippen molar-refractivity contribution >= 4 is 11.7 Å². The Kier molecular flexibility index (Phi) is 4.69. The summed E-state index contributed by atoms with van der Waals surface area (Å²) in [5.41, 5.74) is 0.994. The van der Waals surface area contributed by atoms with Gasteiger partial charge in [-0.15, -0.1) is 0 Å². The van der Waals surface area contributed by atoms with Crippen LogP contribution in [0.1, 0.15) is 11.1 Å². The Bertz CT molecular complexity index is 963. The maximum Gasteiger partial charge on any atom is 0.347 e. The van der Waals surface area contributed by atoms with Gasteiger partial charge in [0.1, 0.15) is 18.2 Å². The van der Waals surface area contributed by atoms with Crippen molar-refractivity contribution in [1.29, 1.82) is 0 Å². The first-order valence-electron chi connectivity index (χ1n) is 7.61. The van der Waals surface area contributed by atoms with Crippen LogP contribution in [0.15, 0.2) is 53.7 Å². The van der Waals surface area contributed by atoms with Crippen LogP contribution in [0, 0.1) is 12.7 Å². The Labute approximate surface area is 142 Å². The highest BCUT2D eigenvalue weighted by Gasteiger charge is 2.13. The summed E-state index contributed by atoms with van der Waals surface area (Å²) in [6.45, 7) is 1.96. The van der Waals surface area contributed by atoms with E-state index in [9.17, 15) is 14.0 Å². The number of halogens is 1. The molecule has 1 aromatic carbocycles. The second-order valence-corrected chi connectivity index (χ2v) is 5.54. The lowest BCUT2D eigenvalue weighted by Gasteiger charge is -2.11. The fraction of sp³-hybridized carbons (Fsp3) is 0.176. The van der Waals surface area contributed by atoms with E-state index < -0.39 is 5.69 Å². The first-order chi connectivity index (χ1) is 12.0. The van der Waals surface area contributed by atoms with Crippen LogP contribution in [0.2, 0.25) is 0 Å². The molecule has 0 bridgehead atoms. The van der Waals surface area contributed by atoms with E-state index in [2.05, 4.69) is 15.4 Å². The highest BCUT2D eigenvalue weighted by molar-refractivity contribution is 5.90. The predicted octanol–water partition coefficient (Wildman–Crippen LogP) is 1.57. The number of anilines is 1. The van der Waals surface area contributed by atoms with Crippen LogP contribution in [0.4, 0.5) is 10.2 Å². The standard InChI is InChI=1S/C17H16FN5O2/c1-12-9-20-23(10-13-4-2-5-14(18)8-13)16(12)21-15(24)11-22-7-3-6-19-17(22)25/h2-9H,10-11H2,1H3,(H,21,24). The van der Waals surface area contributed by atoms with E-state index in [1.54, 1.807) is 36.0 Å². The van der Waals surface area contributed by atoms with Crippen molar-refractivity contribution in [2.75, 3.05) is 5.32 Å². The number of rotatable bonds is 5. The first kappa shape index (κ1) is 16.6. The topological polar surface area (TPSA) is 81.8 Å². The summed E-state index contributed by atoms with van der Waals surface area (Å²) in [5, 5.41) is 6.97. The molecule has 0 fully saturated rings. The zero-order valence-corrected chi connectivity index (χ0v) is 13.5. The number of nitrogens with zero attached hydrogens (tertiary/aromatic N) is 4. The Balaban J connectivity index is 1.76. The van der Waals surface area contributed by atoms with Gasteiger partial charge < -0.3 is 5.32 Å². The number of hydrogen-bond donors (Lipinski definition) is 1. The van der Waals surface area contributed by atoms with Crippen molar-refractivity contribution in [3.8, 4) is 0 Å². The van der Waals surface area contributed by atoms with Crippen LogP contribution < -0.4 is 11.0 Å². The third kappa shape index (κ3) is 3.97. The monoisotopic (exact) mass is 341 g/mol. The van der Waals surface area contributed by atoms with Crippen molar-refractivity contribution in [2.24, 2.45) is 0 Å². The van der Waals surface area contributed by atoms with Crippen LogP contribution in [0.5, 0.6) is 0 Å². The highest BCUT2D eigenvalue weighted by Crippen LogP contribution is 2.16. The number of aryl methyl sites for hydroxylation is 1. The van der Waals surface area contributed by atoms with Crippen molar-refractivity contribution in [1.82, 2.24) is 19.3 Å². The summed E-state index contributed by atoms with van der Waals surface area (Å²) < 4.78 is 16.1. The molecule has 0 unspecified atom stereocenters. The first-order valence-corrected chi connectivity index (χ1v) is 7.61. The van der Waals surface area contributed by atoms with E-state index >= 15 is 0 Å². The van der Waals surface area contributed by atoms with Crippen LogP contribution in [-0.4, -0.2) is 25.2 Å². The minimum Gasteiger partial charge on any atom is -0.309 e. The van der Waals surface area contributed by atoms with Gasteiger partial charge in [-0.2, -0.15) is 5.10 Å². The lowest BCUT2D eigenvalue weighted by molar-refractivity contribution is -0.116. The van der Waals surface area contributed by atoms with Gasteiger partial charge in [0.15, 0.2) is 0 Å². The second kappa shape index (κ2) is 7.08. The summed E-state index contributed by atoms with van der Waals surface area (Å²) in [6.07, 6.45) is 4.48. The molecule has 0 aliphatic rings. The maximum absolute atomic E-state index is 13.3. The molecule has 0 aliphatic heterocycles. The molecule has 3 aromatic rings. The molecule has 3 rings (SSSR count). The van der Waals surface area contributed by atoms with Gasteiger partial charge in [0.25, 0.3) is 0 Å². The molecule has 8 heteroatoms. The second-order valence-electron chi connectivity index (χ2n) is 5.54. The van der Waals surface area contributed by atoms with E-state index in [1.165, 1.54) is 29.1 Å². The zero-order valence-electron chi connectivity index (χ0n) is 13.5. The number of amides is 1. The minimum atomic E-state index is -0.498. The molecule has 2 heterocycles. The third-order valence-corrected chi connectivity index (χ3v) is 3.60. The molecular weight excluding hydrogens is 325 g/mol. The van der Waals surface area contributed by atoms with Crippen molar-refractivity contribution in [3.05, 3.63) is 76.4 Å². The largest absolute Gasteiger partial charge is 0.347 e. The van der Waals surface area contributed by atoms with Gasteiger partial charge >= 0.3 is 5.69 Å². The van der Waals surface area contributed by atoms with E-state index in [0.29, 0.717) is 12.4 Å². The summed E-state index contributed by atoms with van der Waals surface area (Å²) in [5.74, 6) is -0.201. The molecular formula is C17H16FN5O2. The summed E-state index contributed by atoms with van der Waals surface area (Å²) in [7, 11) is 0. The smallest absolute Gasteiger partial charge is 0.309 e. The molecule has 0 saturated heterocycles. The predicted molar refractivity (Wildman–Crippen MR) is 89.6 cm³/mol. The minimum absolute atomic E-state index is 0.155. The normalized spacial score (nSPS) is 10.6. The fourth-order valence-corrected chi connectivity index (χ4v) is 2.40. The number of benzene rings is 1. The zero-order chi connectivity index (χ0) is 17.8. The number of hydrogen-bond acceptors (Lipinski definition) is 4. The molecule has 0 aliphatic carbocycles. The average molecular weight is 341 g/mol. The van der Waals surface area contributed by atoms with Crippen LogP contribution in [0.25, 0.3) is 0 Å². The number of aromatic nitrogens is 4. The van der Waals surface area contributed by atoms with Crippen LogP contribution >= 0.6 is 0 Å². The Morgan fingerprint density at radius 3 is 2.92 bits per heavy atom. The molecule has 7 nitrogen and oxygen atoms in total. The fourth-order valence-electron chi connectivity index (χ4n) is 2.40. The average Bonchev–Trinajstić information content (AvgIpc) is 2.90. The molecule has 1 N–H and O–H groups in total. The van der Waals surface area contributed by atoms with E-state index in [-0.39, 0.29) is 18.3 Å². The molecule has 128 valence electrons. The number of carbonyl (C=O) groups is 1. The SMILES string of the molecule is Cc1cnn(Cc2cccc(F)c2)c1NC(=O)Cn1cccnc1=O. The van der Waals surface area contributed by atoms with Gasteiger partial charge in [-0.3, -0.25) is 9.36 Å². The number of nitrogens with one attached hydrogen (secondary N) is 1. The molecule has 0 atom stereocenters. The van der Waals surface area contributed by atoms with Crippen molar-refractivity contribution in [3.63, 3.8) is 0 Å². The van der Waals surface area contributed by atoms with Crippen LogP contribution in [0.3, 0.4) is 0 Å². The lowest BCUT2D eigenvalue weighted by atomic mass is 10.2. The molecule has 25 heavy (non-hydrogen) atoms. The maximum atomic E-state index is 13.3. The van der Waals surface area contributed by atoms with E-state index in [4.69, 9.17) is 0 Å². The summed E-state index contributed by atoms with van der Waals surface area (Å²) >= 11 is 0. The summed E-state index contributed by atoms with van der Waals surface area (Å²) in [4.78, 5) is 27.4. The van der Waals surface area contributed by atoms with Gasteiger partial charge in [-0.1, -0.05) is 12.1 Å². The molecule has 1 amide bonds. The third-order valence-electron chi connectivity index (χ3n) is 3.60. The van der Waals surface area contributed by atoms with Gasteiger partial charge in [0, 0.05) is 18.0 Å². The molecule has 0 saturated carbocycles. The Morgan fingerprint density at radius 1 is 1.32 bits per heavy atom. The lowest BCUT2D eigenvalue weighted by Crippen LogP contribution is -2.29. The highest BCUT2D eigenvalue weighted by atomic mass is 19.1. The van der Waals surface area contributed by atoms with E-state index in [0.717, 1.165) is 11.1 Å². The van der Waals surface area contributed by atoms with Gasteiger partial charge in [-0.05, 0) is 30.7 Å². The van der Waals surface area contributed by atoms with Gasteiger partial charge in [0.05, 0.1) is 12.7 Å². The Morgan fingerprint density at radius 2 is 2.16 bits per heavy atom. The van der Waals surface area contributed by atoms with Crippen molar-refractivity contribution in [2.45, 2.75) is 20.0 Å². The van der Waals surface area contributed by atoms with Crippen molar-refractivity contribution < 1.29 is 9.18 Å². The van der Waals surface area contributed by atoms with Gasteiger partial charge in [-0.25, -0.2) is 18.9 Å². The van der Waals surface area contributed by atoms with E-state index in [1.807, 2.05) is 0 Å². The quantitative estimate of drug-likeness (QED) is 0.764.